The summed E-state index contributed by atoms with van der Waals surface area (Å²) in [5, 5.41) is 2.76. The number of hydrogen-bond donors (Lipinski definition) is 1. The van der Waals surface area contributed by atoms with Gasteiger partial charge in [0, 0.05) is 44.0 Å². The van der Waals surface area contributed by atoms with Crippen LogP contribution < -0.4 is 14.8 Å². The summed E-state index contributed by atoms with van der Waals surface area (Å²) in [4.78, 5) is 16.8. The second kappa shape index (κ2) is 9.56. The summed E-state index contributed by atoms with van der Waals surface area (Å²) in [5.74, 6) is 0.0484. The van der Waals surface area contributed by atoms with Crippen molar-refractivity contribution in [2.45, 2.75) is 26.1 Å². The lowest BCUT2D eigenvalue weighted by Gasteiger charge is -2.39. The van der Waals surface area contributed by atoms with Crippen LogP contribution >= 0.6 is 0 Å². The smallest absolute Gasteiger partial charge is 0.387 e. The maximum absolute atomic E-state index is 12.7. The molecule has 0 bridgehead atoms. The van der Waals surface area contributed by atoms with Crippen LogP contribution in [-0.4, -0.2) is 55.2 Å². The van der Waals surface area contributed by atoms with E-state index in [2.05, 4.69) is 27.1 Å². The van der Waals surface area contributed by atoms with Crippen molar-refractivity contribution in [2.75, 3.05) is 32.1 Å². The summed E-state index contributed by atoms with van der Waals surface area (Å²) in [6, 6.07) is 14.4. The zero-order valence-electron chi connectivity index (χ0n) is 16.5. The molecule has 1 fully saturated rings. The number of rotatable bonds is 6. The zero-order valence-corrected chi connectivity index (χ0v) is 16.5. The molecule has 8 heteroatoms. The lowest BCUT2D eigenvalue weighted by Crippen LogP contribution is -2.54. The quantitative estimate of drug-likeness (QED) is 0.788. The van der Waals surface area contributed by atoms with E-state index < -0.39 is 6.61 Å². The number of alkyl halides is 2. The number of urea groups is 1. The van der Waals surface area contributed by atoms with Crippen LogP contribution in [0.1, 0.15) is 12.5 Å². The van der Waals surface area contributed by atoms with E-state index in [1.807, 2.05) is 25.1 Å². The number of halogens is 2. The SMILES string of the molecule is COc1ccc(NC(=O)N2CCN(Cc3ccccc3)CC2C)cc1OC(F)F. The number of amides is 2. The van der Waals surface area contributed by atoms with Gasteiger partial charge in [0.1, 0.15) is 0 Å². The predicted octanol–water partition coefficient (Wildman–Crippen LogP) is 4.03. The average Bonchev–Trinajstić information content (AvgIpc) is 2.68. The van der Waals surface area contributed by atoms with E-state index in [-0.39, 0.29) is 23.6 Å². The van der Waals surface area contributed by atoms with Crippen LogP contribution in [0.25, 0.3) is 0 Å². The maximum atomic E-state index is 12.7. The minimum atomic E-state index is -2.98. The fourth-order valence-corrected chi connectivity index (χ4v) is 3.46. The Morgan fingerprint density at radius 1 is 1.17 bits per heavy atom. The van der Waals surface area contributed by atoms with E-state index in [1.54, 1.807) is 11.0 Å². The van der Waals surface area contributed by atoms with Gasteiger partial charge in [-0.1, -0.05) is 30.3 Å². The molecule has 6 nitrogen and oxygen atoms in total. The number of carbonyl (C=O) groups excluding carboxylic acids is 1. The highest BCUT2D eigenvalue weighted by Gasteiger charge is 2.27. The molecule has 1 aliphatic rings. The molecule has 2 aromatic carbocycles. The standard InChI is InChI=1S/C21H25F2N3O3/c1-15-13-25(14-16-6-4-3-5-7-16)10-11-26(15)21(27)24-17-8-9-18(28-2)19(12-17)29-20(22)23/h3-9,12,15,20H,10-11,13-14H2,1-2H3,(H,24,27). The topological polar surface area (TPSA) is 54.0 Å². The molecule has 0 spiro atoms. The predicted molar refractivity (Wildman–Crippen MR) is 107 cm³/mol. The monoisotopic (exact) mass is 405 g/mol. The second-order valence-electron chi connectivity index (χ2n) is 6.94. The Morgan fingerprint density at radius 2 is 1.93 bits per heavy atom. The van der Waals surface area contributed by atoms with E-state index in [4.69, 9.17) is 4.74 Å². The van der Waals surface area contributed by atoms with E-state index in [0.717, 1.165) is 19.6 Å². The summed E-state index contributed by atoms with van der Waals surface area (Å²) in [5.41, 5.74) is 1.60. The van der Waals surface area contributed by atoms with Gasteiger partial charge in [0.2, 0.25) is 0 Å². The highest BCUT2D eigenvalue weighted by atomic mass is 19.3. The van der Waals surface area contributed by atoms with Crippen molar-refractivity contribution in [3.63, 3.8) is 0 Å². The Kier molecular flexibility index (Phi) is 6.87. The molecule has 2 amide bonds. The first kappa shape index (κ1) is 20.9. The van der Waals surface area contributed by atoms with Gasteiger partial charge in [-0.05, 0) is 24.6 Å². The molecule has 3 rings (SSSR count). The summed E-state index contributed by atoms with van der Waals surface area (Å²) < 4.78 is 34.7. The van der Waals surface area contributed by atoms with Gasteiger partial charge in [0.15, 0.2) is 11.5 Å². The third-order valence-corrected chi connectivity index (χ3v) is 4.85. The molecular formula is C21H25F2N3O3. The minimum Gasteiger partial charge on any atom is -0.493 e. The number of hydrogen-bond acceptors (Lipinski definition) is 4. The Balaban J connectivity index is 1.60. The Bertz CT molecular complexity index is 820. The average molecular weight is 405 g/mol. The van der Waals surface area contributed by atoms with Crippen LogP contribution in [0.3, 0.4) is 0 Å². The molecule has 1 heterocycles. The molecular weight excluding hydrogens is 380 g/mol. The van der Waals surface area contributed by atoms with Crippen molar-refractivity contribution in [2.24, 2.45) is 0 Å². The lowest BCUT2D eigenvalue weighted by molar-refractivity contribution is -0.0511. The van der Waals surface area contributed by atoms with Crippen molar-refractivity contribution in [3.8, 4) is 11.5 Å². The van der Waals surface area contributed by atoms with Gasteiger partial charge < -0.3 is 19.7 Å². The van der Waals surface area contributed by atoms with E-state index in [9.17, 15) is 13.6 Å². The van der Waals surface area contributed by atoms with Gasteiger partial charge in [-0.25, -0.2) is 4.79 Å². The summed E-state index contributed by atoms with van der Waals surface area (Å²) in [7, 11) is 1.36. The third kappa shape index (κ3) is 5.57. The van der Waals surface area contributed by atoms with Crippen LogP contribution in [0.15, 0.2) is 48.5 Å². The first-order chi connectivity index (χ1) is 14.0. The first-order valence-corrected chi connectivity index (χ1v) is 9.43. The summed E-state index contributed by atoms with van der Waals surface area (Å²) >= 11 is 0. The molecule has 1 N–H and O–H groups in total. The molecule has 156 valence electrons. The third-order valence-electron chi connectivity index (χ3n) is 4.85. The molecule has 1 unspecified atom stereocenters. The van der Waals surface area contributed by atoms with Gasteiger partial charge >= 0.3 is 12.6 Å². The van der Waals surface area contributed by atoms with Crippen LogP contribution in [-0.2, 0) is 6.54 Å². The second-order valence-corrected chi connectivity index (χ2v) is 6.94. The highest BCUT2D eigenvalue weighted by Crippen LogP contribution is 2.31. The number of benzene rings is 2. The number of nitrogens with zero attached hydrogens (tertiary/aromatic N) is 2. The van der Waals surface area contributed by atoms with Gasteiger partial charge in [0.25, 0.3) is 0 Å². The van der Waals surface area contributed by atoms with Gasteiger partial charge in [0.05, 0.1) is 7.11 Å². The maximum Gasteiger partial charge on any atom is 0.387 e. The van der Waals surface area contributed by atoms with E-state index >= 15 is 0 Å². The van der Waals surface area contributed by atoms with Crippen molar-refractivity contribution in [3.05, 3.63) is 54.1 Å². The van der Waals surface area contributed by atoms with Crippen LogP contribution in [0, 0.1) is 0 Å². The Labute approximate surface area is 169 Å². The zero-order chi connectivity index (χ0) is 20.8. The van der Waals surface area contributed by atoms with E-state index in [0.29, 0.717) is 12.2 Å². The highest BCUT2D eigenvalue weighted by molar-refractivity contribution is 5.90. The summed E-state index contributed by atoms with van der Waals surface area (Å²) in [6.07, 6.45) is 0. The van der Waals surface area contributed by atoms with Gasteiger partial charge in [-0.3, -0.25) is 4.90 Å². The molecule has 2 aromatic rings. The van der Waals surface area contributed by atoms with Crippen LogP contribution in [0.2, 0.25) is 0 Å². The first-order valence-electron chi connectivity index (χ1n) is 9.43. The van der Waals surface area contributed by atoms with Gasteiger partial charge in [-0.2, -0.15) is 8.78 Å². The molecule has 0 aliphatic carbocycles. The number of piperazine rings is 1. The molecule has 1 saturated heterocycles. The van der Waals surface area contributed by atoms with Gasteiger partial charge in [-0.15, -0.1) is 0 Å². The molecule has 0 saturated carbocycles. The molecule has 29 heavy (non-hydrogen) atoms. The van der Waals surface area contributed by atoms with Crippen LogP contribution in [0.4, 0.5) is 19.3 Å². The minimum absolute atomic E-state index is 0.0162. The van der Waals surface area contributed by atoms with E-state index in [1.165, 1.54) is 24.8 Å². The largest absolute Gasteiger partial charge is 0.493 e. The van der Waals surface area contributed by atoms with Crippen molar-refractivity contribution < 1.29 is 23.0 Å². The van der Waals surface area contributed by atoms with Crippen molar-refractivity contribution >= 4 is 11.7 Å². The molecule has 1 aliphatic heterocycles. The molecule has 0 radical (unpaired) electrons. The van der Waals surface area contributed by atoms with Crippen molar-refractivity contribution in [1.29, 1.82) is 0 Å². The summed E-state index contributed by atoms with van der Waals surface area (Å²) in [6.45, 7) is 1.95. The number of anilines is 1. The molecule has 0 aromatic heterocycles. The number of methoxy groups -OCH3 is 1. The van der Waals surface area contributed by atoms with Crippen LogP contribution in [0.5, 0.6) is 11.5 Å². The lowest BCUT2D eigenvalue weighted by atomic mass is 10.1. The fourth-order valence-electron chi connectivity index (χ4n) is 3.46. The molecule has 1 atom stereocenters. The number of nitrogens with one attached hydrogen (secondary N) is 1. The van der Waals surface area contributed by atoms with Crippen molar-refractivity contribution in [1.82, 2.24) is 9.80 Å². The normalized spacial score (nSPS) is 17.3. The fraction of sp³-hybridized carbons (Fsp3) is 0.381. The number of carbonyl (C=O) groups is 1. The Morgan fingerprint density at radius 3 is 2.59 bits per heavy atom. The Hall–Kier alpha value is -2.87. The number of ether oxygens (including phenoxy) is 2.